The SMILES string of the molecule is Cc1ccc(F)cc1C(=O)NCC1(CBr)CC1. The third-order valence-corrected chi connectivity index (χ3v) is 4.50. The van der Waals surface area contributed by atoms with Crippen LogP contribution in [0, 0.1) is 18.2 Å². The number of hydrogen-bond donors (Lipinski definition) is 1. The molecule has 17 heavy (non-hydrogen) atoms. The third-order valence-electron chi connectivity index (χ3n) is 3.31. The Morgan fingerprint density at radius 1 is 1.53 bits per heavy atom. The van der Waals surface area contributed by atoms with Gasteiger partial charge in [-0.25, -0.2) is 4.39 Å². The molecule has 1 aromatic rings. The quantitative estimate of drug-likeness (QED) is 0.851. The Hall–Kier alpha value is -0.900. The summed E-state index contributed by atoms with van der Waals surface area (Å²) in [7, 11) is 0. The maximum atomic E-state index is 13.1. The van der Waals surface area contributed by atoms with Gasteiger partial charge < -0.3 is 5.32 Å². The molecular weight excluding hydrogens is 285 g/mol. The molecule has 2 rings (SSSR count). The van der Waals surface area contributed by atoms with Crippen molar-refractivity contribution >= 4 is 21.8 Å². The molecule has 2 nitrogen and oxygen atoms in total. The zero-order valence-electron chi connectivity index (χ0n) is 9.72. The van der Waals surface area contributed by atoms with E-state index in [9.17, 15) is 9.18 Å². The van der Waals surface area contributed by atoms with E-state index in [0.717, 1.165) is 23.7 Å². The van der Waals surface area contributed by atoms with Crippen molar-refractivity contribution in [3.63, 3.8) is 0 Å². The van der Waals surface area contributed by atoms with Crippen molar-refractivity contribution in [3.05, 3.63) is 35.1 Å². The molecule has 1 aliphatic rings. The van der Waals surface area contributed by atoms with Crippen molar-refractivity contribution < 1.29 is 9.18 Å². The molecule has 0 spiro atoms. The van der Waals surface area contributed by atoms with Crippen molar-refractivity contribution in [1.29, 1.82) is 0 Å². The highest BCUT2D eigenvalue weighted by atomic mass is 79.9. The molecule has 0 unspecified atom stereocenters. The Balaban J connectivity index is 2.02. The first-order valence-electron chi connectivity index (χ1n) is 5.67. The fourth-order valence-electron chi connectivity index (χ4n) is 1.74. The number of benzene rings is 1. The van der Waals surface area contributed by atoms with Gasteiger partial charge in [0.05, 0.1) is 0 Å². The summed E-state index contributed by atoms with van der Waals surface area (Å²) in [5.41, 5.74) is 1.46. The Labute approximate surface area is 109 Å². The van der Waals surface area contributed by atoms with Gasteiger partial charge in [0.15, 0.2) is 0 Å². The van der Waals surface area contributed by atoms with Crippen LogP contribution in [0.1, 0.15) is 28.8 Å². The summed E-state index contributed by atoms with van der Waals surface area (Å²) in [5.74, 6) is -0.559. The van der Waals surface area contributed by atoms with Gasteiger partial charge in [0, 0.05) is 17.4 Å². The summed E-state index contributed by atoms with van der Waals surface area (Å²) < 4.78 is 13.1. The standard InChI is InChI=1S/C13H15BrFNO/c1-9-2-3-10(15)6-11(9)12(17)16-8-13(7-14)4-5-13/h2-3,6H,4-5,7-8H2,1H3,(H,16,17). The van der Waals surface area contributed by atoms with Gasteiger partial charge in [0.1, 0.15) is 5.82 Å². The first kappa shape index (κ1) is 12.6. The number of nitrogens with one attached hydrogen (secondary N) is 1. The van der Waals surface area contributed by atoms with E-state index >= 15 is 0 Å². The number of carbonyl (C=O) groups is 1. The molecular formula is C13H15BrFNO. The average Bonchev–Trinajstić information content (AvgIpc) is 3.10. The van der Waals surface area contributed by atoms with Gasteiger partial charge in [-0.2, -0.15) is 0 Å². The lowest BCUT2D eigenvalue weighted by molar-refractivity contribution is 0.0945. The lowest BCUT2D eigenvalue weighted by atomic mass is 10.1. The van der Waals surface area contributed by atoms with Crippen molar-refractivity contribution in [2.24, 2.45) is 5.41 Å². The van der Waals surface area contributed by atoms with E-state index < -0.39 is 0 Å². The minimum atomic E-state index is -0.373. The molecule has 1 amide bonds. The van der Waals surface area contributed by atoms with Crippen LogP contribution >= 0.6 is 15.9 Å². The number of halogens is 2. The van der Waals surface area contributed by atoms with E-state index in [1.165, 1.54) is 12.1 Å². The smallest absolute Gasteiger partial charge is 0.251 e. The van der Waals surface area contributed by atoms with Crippen molar-refractivity contribution in [2.75, 3.05) is 11.9 Å². The van der Waals surface area contributed by atoms with Crippen molar-refractivity contribution in [1.82, 2.24) is 5.32 Å². The van der Waals surface area contributed by atoms with Crippen LogP contribution in [0.4, 0.5) is 4.39 Å². The highest BCUT2D eigenvalue weighted by molar-refractivity contribution is 9.09. The summed E-state index contributed by atoms with van der Waals surface area (Å²) in [5, 5.41) is 3.79. The number of amides is 1. The minimum Gasteiger partial charge on any atom is -0.351 e. The highest BCUT2D eigenvalue weighted by Gasteiger charge is 2.41. The molecule has 92 valence electrons. The van der Waals surface area contributed by atoms with Crippen LogP contribution in [0.3, 0.4) is 0 Å². The molecule has 1 saturated carbocycles. The van der Waals surface area contributed by atoms with E-state index in [1.807, 2.05) is 6.92 Å². The first-order chi connectivity index (χ1) is 8.06. The van der Waals surface area contributed by atoms with Gasteiger partial charge in [-0.1, -0.05) is 22.0 Å². The molecule has 1 aliphatic carbocycles. The topological polar surface area (TPSA) is 29.1 Å². The number of rotatable bonds is 4. The zero-order chi connectivity index (χ0) is 12.5. The monoisotopic (exact) mass is 299 g/mol. The largest absolute Gasteiger partial charge is 0.351 e. The fourth-order valence-corrected chi connectivity index (χ4v) is 2.50. The molecule has 0 aliphatic heterocycles. The highest BCUT2D eigenvalue weighted by Crippen LogP contribution is 2.46. The zero-order valence-corrected chi connectivity index (χ0v) is 11.3. The van der Waals surface area contributed by atoms with Crippen molar-refractivity contribution in [2.45, 2.75) is 19.8 Å². The predicted octanol–water partition coefficient (Wildman–Crippen LogP) is 3.04. The van der Waals surface area contributed by atoms with Crippen LogP contribution in [0.15, 0.2) is 18.2 Å². The van der Waals surface area contributed by atoms with Gasteiger partial charge in [0.25, 0.3) is 5.91 Å². The lowest BCUT2D eigenvalue weighted by Crippen LogP contribution is -2.31. The minimum absolute atomic E-state index is 0.186. The molecule has 0 aromatic heterocycles. The van der Waals surface area contributed by atoms with Crippen LogP contribution < -0.4 is 5.32 Å². The third kappa shape index (κ3) is 2.86. The summed E-state index contributed by atoms with van der Waals surface area (Å²) in [6, 6.07) is 4.28. The van der Waals surface area contributed by atoms with Gasteiger partial charge in [-0.15, -0.1) is 0 Å². The summed E-state index contributed by atoms with van der Waals surface area (Å²) in [6.07, 6.45) is 2.28. The molecule has 1 fully saturated rings. The second-order valence-corrected chi connectivity index (χ2v) is 5.34. The molecule has 0 heterocycles. The van der Waals surface area contributed by atoms with E-state index in [4.69, 9.17) is 0 Å². The molecule has 0 radical (unpaired) electrons. The summed E-state index contributed by atoms with van der Waals surface area (Å²) in [6.45, 7) is 2.47. The first-order valence-corrected chi connectivity index (χ1v) is 6.79. The fraction of sp³-hybridized carbons (Fsp3) is 0.462. The Morgan fingerprint density at radius 3 is 2.82 bits per heavy atom. The normalized spacial score (nSPS) is 16.6. The van der Waals surface area contributed by atoms with E-state index in [-0.39, 0.29) is 17.1 Å². The van der Waals surface area contributed by atoms with Gasteiger partial charge in [-0.05, 0) is 42.9 Å². The average molecular weight is 300 g/mol. The molecule has 0 atom stereocenters. The molecule has 0 saturated heterocycles. The van der Waals surface area contributed by atoms with Crippen LogP contribution in [0.5, 0.6) is 0 Å². The predicted molar refractivity (Wildman–Crippen MR) is 68.9 cm³/mol. The lowest BCUT2D eigenvalue weighted by Gasteiger charge is -2.13. The summed E-state index contributed by atoms with van der Waals surface area (Å²) >= 11 is 3.45. The molecule has 1 aromatic carbocycles. The number of carbonyl (C=O) groups excluding carboxylic acids is 1. The van der Waals surface area contributed by atoms with Crippen LogP contribution in [0.25, 0.3) is 0 Å². The van der Waals surface area contributed by atoms with Gasteiger partial charge >= 0.3 is 0 Å². The second-order valence-electron chi connectivity index (χ2n) is 4.78. The van der Waals surface area contributed by atoms with Crippen molar-refractivity contribution in [3.8, 4) is 0 Å². The second kappa shape index (κ2) is 4.77. The molecule has 0 bridgehead atoms. The van der Waals surface area contributed by atoms with E-state index in [1.54, 1.807) is 6.07 Å². The van der Waals surface area contributed by atoms with Gasteiger partial charge in [0.2, 0.25) is 0 Å². The summed E-state index contributed by atoms with van der Waals surface area (Å²) in [4.78, 5) is 11.9. The number of alkyl halides is 1. The molecule has 4 heteroatoms. The maximum Gasteiger partial charge on any atom is 0.251 e. The van der Waals surface area contributed by atoms with Crippen LogP contribution in [-0.2, 0) is 0 Å². The van der Waals surface area contributed by atoms with E-state index in [2.05, 4.69) is 21.2 Å². The van der Waals surface area contributed by atoms with E-state index in [0.29, 0.717) is 12.1 Å². The Kier molecular flexibility index (Phi) is 3.52. The van der Waals surface area contributed by atoms with Crippen LogP contribution in [0.2, 0.25) is 0 Å². The Morgan fingerprint density at radius 2 is 2.24 bits per heavy atom. The maximum absolute atomic E-state index is 13.1. The Bertz CT molecular complexity index is 443. The molecule has 1 N–H and O–H groups in total. The van der Waals surface area contributed by atoms with Gasteiger partial charge in [-0.3, -0.25) is 4.79 Å². The number of hydrogen-bond acceptors (Lipinski definition) is 1. The number of aryl methyl sites for hydroxylation is 1. The van der Waals surface area contributed by atoms with Crippen LogP contribution in [-0.4, -0.2) is 17.8 Å².